The first-order chi connectivity index (χ1) is 12.9. The fourth-order valence-corrected chi connectivity index (χ4v) is 2.87. The molecule has 2 heterocycles. The summed E-state index contributed by atoms with van der Waals surface area (Å²) in [7, 11) is 0. The summed E-state index contributed by atoms with van der Waals surface area (Å²) in [5.41, 5.74) is 1.50. The van der Waals surface area contributed by atoms with Crippen molar-refractivity contribution < 1.29 is 13.2 Å². The lowest BCUT2D eigenvalue weighted by Crippen LogP contribution is -2.05. The molecule has 0 aliphatic rings. The Hall–Kier alpha value is -3.06. The predicted molar refractivity (Wildman–Crippen MR) is 98.2 cm³/mol. The van der Waals surface area contributed by atoms with Gasteiger partial charge in [-0.1, -0.05) is 29.8 Å². The van der Waals surface area contributed by atoms with E-state index in [1.165, 1.54) is 6.07 Å². The molecule has 8 heteroatoms. The van der Waals surface area contributed by atoms with Crippen LogP contribution in [0.3, 0.4) is 0 Å². The van der Waals surface area contributed by atoms with E-state index in [1.54, 1.807) is 53.3 Å². The summed E-state index contributed by atoms with van der Waals surface area (Å²) in [5, 5.41) is 3.64. The molecule has 4 nitrogen and oxygen atoms in total. The molecule has 2 aromatic carbocycles. The van der Waals surface area contributed by atoms with E-state index in [1.807, 2.05) is 0 Å². The van der Waals surface area contributed by atoms with E-state index >= 15 is 0 Å². The SMILES string of the molecule is FC(F)(F)c1cccc(Nc2c(-c3ccc(Cl)cc3)nc3cnccn23)c1. The van der Waals surface area contributed by atoms with Gasteiger partial charge in [0, 0.05) is 28.7 Å². The second-order valence-electron chi connectivity index (χ2n) is 5.82. The van der Waals surface area contributed by atoms with Crippen molar-refractivity contribution in [2.75, 3.05) is 5.32 Å². The molecule has 0 saturated heterocycles. The lowest BCUT2D eigenvalue weighted by molar-refractivity contribution is -0.137. The van der Waals surface area contributed by atoms with Gasteiger partial charge in [0.25, 0.3) is 0 Å². The van der Waals surface area contributed by atoms with Crippen LogP contribution in [0, 0.1) is 0 Å². The minimum atomic E-state index is -4.42. The van der Waals surface area contributed by atoms with Gasteiger partial charge < -0.3 is 5.32 Å². The Morgan fingerprint density at radius 1 is 1.04 bits per heavy atom. The largest absolute Gasteiger partial charge is 0.416 e. The zero-order chi connectivity index (χ0) is 19.0. The zero-order valence-electron chi connectivity index (χ0n) is 13.7. The van der Waals surface area contributed by atoms with E-state index in [4.69, 9.17) is 11.6 Å². The smallest absolute Gasteiger partial charge is 0.339 e. The van der Waals surface area contributed by atoms with Crippen LogP contribution in [-0.4, -0.2) is 14.4 Å². The van der Waals surface area contributed by atoms with Gasteiger partial charge in [-0.3, -0.25) is 9.38 Å². The zero-order valence-corrected chi connectivity index (χ0v) is 14.5. The van der Waals surface area contributed by atoms with Crippen molar-refractivity contribution in [1.29, 1.82) is 0 Å². The quantitative estimate of drug-likeness (QED) is 0.481. The van der Waals surface area contributed by atoms with Gasteiger partial charge in [-0.25, -0.2) is 4.98 Å². The van der Waals surface area contributed by atoms with Crippen LogP contribution in [-0.2, 0) is 6.18 Å². The lowest BCUT2D eigenvalue weighted by atomic mass is 10.1. The highest BCUT2D eigenvalue weighted by atomic mass is 35.5. The van der Waals surface area contributed by atoms with Gasteiger partial charge in [0.05, 0.1) is 11.8 Å². The standard InChI is InChI=1S/C19H12ClF3N4/c20-14-6-4-12(5-7-14)17-18(27-9-8-24-11-16(27)26-17)25-15-3-1-2-13(10-15)19(21,22)23/h1-11,25H. The number of alkyl halides is 3. The number of fused-ring (bicyclic) bond motifs is 1. The minimum Gasteiger partial charge on any atom is -0.339 e. The van der Waals surface area contributed by atoms with E-state index in [0.717, 1.165) is 17.7 Å². The monoisotopic (exact) mass is 388 g/mol. The Labute approximate surface area is 157 Å². The molecule has 0 fully saturated rings. The molecule has 0 aliphatic carbocycles. The first kappa shape index (κ1) is 17.4. The van der Waals surface area contributed by atoms with E-state index in [2.05, 4.69) is 15.3 Å². The van der Waals surface area contributed by atoms with Crippen molar-refractivity contribution in [2.45, 2.75) is 6.18 Å². The summed E-state index contributed by atoms with van der Waals surface area (Å²) in [5.74, 6) is 0.536. The Kier molecular flexibility index (Phi) is 4.24. The molecular weight excluding hydrogens is 377 g/mol. The lowest BCUT2D eigenvalue weighted by Gasteiger charge is -2.12. The highest BCUT2D eigenvalue weighted by Gasteiger charge is 2.30. The first-order valence-corrected chi connectivity index (χ1v) is 8.32. The van der Waals surface area contributed by atoms with E-state index < -0.39 is 11.7 Å². The molecule has 0 aliphatic heterocycles. The minimum absolute atomic E-state index is 0.304. The van der Waals surface area contributed by atoms with Crippen LogP contribution < -0.4 is 5.32 Å². The van der Waals surface area contributed by atoms with Gasteiger partial charge >= 0.3 is 6.18 Å². The maximum Gasteiger partial charge on any atom is 0.416 e. The van der Waals surface area contributed by atoms with E-state index in [9.17, 15) is 13.2 Å². The van der Waals surface area contributed by atoms with Gasteiger partial charge in [0.1, 0.15) is 11.5 Å². The number of anilines is 2. The van der Waals surface area contributed by atoms with Gasteiger partial charge in [-0.2, -0.15) is 13.2 Å². The molecule has 4 aromatic rings. The topological polar surface area (TPSA) is 42.2 Å². The average Bonchev–Trinajstić information content (AvgIpc) is 3.01. The number of rotatable bonds is 3. The first-order valence-electron chi connectivity index (χ1n) is 7.94. The van der Waals surface area contributed by atoms with Crippen molar-refractivity contribution in [1.82, 2.24) is 14.4 Å². The average molecular weight is 389 g/mol. The van der Waals surface area contributed by atoms with Gasteiger partial charge in [0.2, 0.25) is 0 Å². The summed E-state index contributed by atoms with van der Waals surface area (Å²) in [6, 6.07) is 12.1. The fourth-order valence-electron chi connectivity index (χ4n) is 2.75. The van der Waals surface area contributed by atoms with Crippen LogP contribution >= 0.6 is 11.6 Å². The number of imidazole rings is 1. The Morgan fingerprint density at radius 2 is 1.81 bits per heavy atom. The molecule has 0 spiro atoms. The van der Waals surface area contributed by atoms with E-state index in [0.29, 0.717) is 27.9 Å². The molecule has 0 unspecified atom stereocenters. The van der Waals surface area contributed by atoms with Crippen molar-refractivity contribution in [3.8, 4) is 11.3 Å². The van der Waals surface area contributed by atoms with Crippen LogP contribution in [0.4, 0.5) is 24.7 Å². The molecule has 0 amide bonds. The van der Waals surface area contributed by atoms with E-state index in [-0.39, 0.29) is 0 Å². The number of hydrogen-bond acceptors (Lipinski definition) is 3. The molecule has 0 atom stereocenters. The highest BCUT2D eigenvalue weighted by molar-refractivity contribution is 6.30. The fraction of sp³-hybridized carbons (Fsp3) is 0.0526. The van der Waals surface area contributed by atoms with Crippen LogP contribution in [0.1, 0.15) is 5.56 Å². The van der Waals surface area contributed by atoms with Crippen LogP contribution in [0.15, 0.2) is 67.1 Å². The maximum atomic E-state index is 13.0. The molecule has 0 bridgehead atoms. The summed E-state index contributed by atoms with van der Waals surface area (Å²) in [6.07, 6.45) is 0.437. The molecule has 27 heavy (non-hydrogen) atoms. The summed E-state index contributed by atoms with van der Waals surface area (Å²) >= 11 is 5.95. The number of benzene rings is 2. The number of nitrogens with one attached hydrogen (secondary N) is 1. The molecular formula is C19H12ClF3N4. The Bertz CT molecular complexity index is 1100. The third-order valence-electron chi connectivity index (χ3n) is 4.00. The number of aromatic nitrogens is 3. The second kappa shape index (κ2) is 6.59. The van der Waals surface area contributed by atoms with Crippen LogP contribution in [0.25, 0.3) is 16.9 Å². The van der Waals surface area contributed by atoms with Crippen LogP contribution in [0.5, 0.6) is 0 Å². The number of nitrogens with zero attached hydrogens (tertiary/aromatic N) is 3. The molecule has 0 radical (unpaired) electrons. The predicted octanol–water partition coefficient (Wildman–Crippen LogP) is 5.81. The van der Waals surface area contributed by atoms with Crippen molar-refractivity contribution in [2.24, 2.45) is 0 Å². The molecule has 1 N–H and O–H groups in total. The van der Waals surface area contributed by atoms with Crippen molar-refractivity contribution >= 4 is 28.8 Å². The number of hydrogen-bond donors (Lipinski definition) is 1. The van der Waals surface area contributed by atoms with Crippen LogP contribution in [0.2, 0.25) is 5.02 Å². The normalized spacial score (nSPS) is 11.7. The summed E-state index contributed by atoms with van der Waals surface area (Å²) < 4.78 is 40.8. The highest BCUT2D eigenvalue weighted by Crippen LogP contribution is 2.34. The van der Waals surface area contributed by atoms with Gasteiger partial charge in [-0.05, 0) is 30.3 Å². The molecule has 4 rings (SSSR count). The molecule has 136 valence electrons. The van der Waals surface area contributed by atoms with Gasteiger partial charge in [0.15, 0.2) is 5.65 Å². The maximum absolute atomic E-state index is 13.0. The third kappa shape index (κ3) is 3.46. The summed E-state index contributed by atoms with van der Waals surface area (Å²) in [4.78, 5) is 8.60. The third-order valence-corrected chi connectivity index (χ3v) is 4.25. The second-order valence-corrected chi connectivity index (χ2v) is 6.26. The van der Waals surface area contributed by atoms with Crippen molar-refractivity contribution in [3.05, 3.63) is 77.7 Å². The van der Waals surface area contributed by atoms with Gasteiger partial charge in [-0.15, -0.1) is 0 Å². The number of halogens is 4. The molecule has 2 aromatic heterocycles. The molecule has 0 saturated carbocycles. The Balaban J connectivity index is 1.83. The summed E-state index contributed by atoms with van der Waals surface area (Å²) in [6.45, 7) is 0. The Morgan fingerprint density at radius 3 is 2.56 bits per heavy atom. The van der Waals surface area contributed by atoms with Crippen molar-refractivity contribution in [3.63, 3.8) is 0 Å².